The van der Waals surface area contributed by atoms with Crippen molar-refractivity contribution in [3.05, 3.63) is 40.5 Å². The molecule has 1 aromatic carbocycles. The maximum absolute atomic E-state index is 11.6. The summed E-state index contributed by atoms with van der Waals surface area (Å²) >= 11 is 0. The molecule has 0 aliphatic rings. The van der Waals surface area contributed by atoms with Crippen LogP contribution in [0.25, 0.3) is 0 Å². The van der Waals surface area contributed by atoms with Crippen LogP contribution in [0.5, 0.6) is 17.2 Å². The number of carbonyl (C=O) groups excluding carboxylic acids is 1. The van der Waals surface area contributed by atoms with E-state index in [9.17, 15) is 20.1 Å². The molecule has 23 heavy (non-hydrogen) atoms. The molecule has 0 amide bonds. The maximum Gasteiger partial charge on any atom is 0.345 e. The molecule has 126 valence electrons. The monoisotopic (exact) mass is 320 g/mol. The molecule has 0 aromatic heterocycles. The second-order valence-electron chi connectivity index (χ2n) is 5.68. The number of ether oxygens (including phenoxy) is 1. The van der Waals surface area contributed by atoms with Gasteiger partial charge in [-0.3, -0.25) is 0 Å². The number of methoxy groups -OCH3 is 1. The molecule has 0 saturated heterocycles. The molecular formula is C18H24O5. The number of phenolic OH excluding ortho intramolecular Hbond substituents is 3. The SMILES string of the molecule is COC(=O)c1c(O)cc(O)c(C/C=C(\C)CCC=C(C)C)c1O. The van der Waals surface area contributed by atoms with Crippen LogP contribution in [-0.2, 0) is 11.2 Å². The number of rotatable bonds is 6. The van der Waals surface area contributed by atoms with Crippen molar-refractivity contribution in [3.63, 3.8) is 0 Å². The van der Waals surface area contributed by atoms with Crippen molar-refractivity contribution >= 4 is 5.97 Å². The van der Waals surface area contributed by atoms with Crippen molar-refractivity contribution in [2.45, 2.75) is 40.0 Å². The van der Waals surface area contributed by atoms with Gasteiger partial charge in [-0.2, -0.15) is 0 Å². The minimum absolute atomic E-state index is 0.185. The van der Waals surface area contributed by atoms with E-state index < -0.39 is 17.5 Å². The van der Waals surface area contributed by atoms with Gasteiger partial charge < -0.3 is 20.1 Å². The van der Waals surface area contributed by atoms with Crippen molar-refractivity contribution in [1.29, 1.82) is 0 Å². The molecule has 0 heterocycles. The Balaban J connectivity index is 3.00. The van der Waals surface area contributed by atoms with Crippen LogP contribution in [0.3, 0.4) is 0 Å². The zero-order chi connectivity index (χ0) is 17.6. The summed E-state index contributed by atoms with van der Waals surface area (Å²) < 4.78 is 4.53. The highest BCUT2D eigenvalue weighted by Crippen LogP contribution is 2.38. The van der Waals surface area contributed by atoms with Crippen LogP contribution >= 0.6 is 0 Å². The van der Waals surface area contributed by atoms with Crippen LogP contribution in [0, 0.1) is 0 Å². The topological polar surface area (TPSA) is 87.0 Å². The third-order valence-electron chi connectivity index (χ3n) is 3.50. The first kappa shape index (κ1) is 18.6. The van der Waals surface area contributed by atoms with E-state index in [0.29, 0.717) is 0 Å². The highest BCUT2D eigenvalue weighted by molar-refractivity contribution is 5.96. The summed E-state index contributed by atoms with van der Waals surface area (Å²) in [5, 5.41) is 29.8. The Bertz CT molecular complexity index is 637. The first-order valence-corrected chi connectivity index (χ1v) is 7.42. The van der Waals surface area contributed by atoms with E-state index in [1.54, 1.807) is 0 Å². The Kier molecular flexibility index (Phi) is 6.69. The number of hydrogen-bond donors (Lipinski definition) is 3. The largest absolute Gasteiger partial charge is 0.507 e. The number of aromatic hydroxyl groups is 3. The zero-order valence-corrected chi connectivity index (χ0v) is 14.0. The van der Waals surface area contributed by atoms with Crippen molar-refractivity contribution in [3.8, 4) is 17.2 Å². The predicted molar refractivity (Wildman–Crippen MR) is 88.9 cm³/mol. The van der Waals surface area contributed by atoms with E-state index in [4.69, 9.17) is 0 Å². The lowest BCUT2D eigenvalue weighted by Crippen LogP contribution is -2.04. The van der Waals surface area contributed by atoms with Crippen molar-refractivity contribution in [2.24, 2.45) is 0 Å². The molecule has 1 rings (SSSR count). The minimum atomic E-state index is -0.856. The van der Waals surface area contributed by atoms with E-state index >= 15 is 0 Å². The summed E-state index contributed by atoms with van der Waals surface area (Å²) in [5.74, 6) is -2.09. The van der Waals surface area contributed by atoms with Gasteiger partial charge in [0.2, 0.25) is 0 Å². The average molecular weight is 320 g/mol. The molecule has 0 saturated carbocycles. The molecule has 0 unspecified atom stereocenters. The van der Waals surface area contributed by atoms with E-state index in [0.717, 1.165) is 31.6 Å². The third kappa shape index (κ3) is 5.06. The summed E-state index contributed by atoms with van der Waals surface area (Å²) in [4.78, 5) is 11.6. The minimum Gasteiger partial charge on any atom is -0.507 e. The van der Waals surface area contributed by atoms with Crippen molar-refractivity contribution in [1.82, 2.24) is 0 Å². The molecular weight excluding hydrogens is 296 g/mol. The predicted octanol–water partition coefficient (Wildman–Crippen LogP) is 3.83. The molecule has 0 aliphatic carbocycles. The van der Waals surface area contributed by atoms with Gasteiger partial charge in [0.05, 0.1) is 7.11 Å². The molecule has 0 radical (unpaired) electrons. The van der Waals surface area contributed by atoms with Crippen LogP contribution in [0.15, 0.2) is 29.4 Å². The van der Waals surface area contributed by atoms with E-state index in [1.165, 1.54) is 5.57 Å². The first-order valence-electron chi connectivity index (χ1n) is 7.42. The van der Waals surface area contributed by atoms with E-state index in [2.05, 4.69) is 10.8 Å². The summed E-state index contributed by atoms with van der Waals surface area (Å²) in [6.45, 7) is 6.05. The summed E-state index contributed by atoms with van der Waals surface area (Å²) in [7, 11) is 1.15. The smallest absolute Gasteiger partial charge is 0.345 e. The van der Waals surface area contributed by atoms with Gasteiger partial charge >= 0.3 is 5.97 Å². The summed E-state index contributed by atoms with van der Waals surface area (Å²) in [5.41, 5.74) is 2.21. The Labute approximate surface area is 136 Å². The van der Waals surface area contributed by atoms with E-state index in [1.807, 2.05) is 26.8 Å². The van der Waals surface area contributed by atoms with Gasteiger partial charge in [0, 0.05) is 11.6 Å². The second kappa shape index (κ2) is 8.27. The molecule has 0 atom stereocenters. The molecule has 0 bridgehead atoms. The molecule has 1 aromatic rings. The summed E-state index contributed by atoms with van der Waals surface area (Å²) in [6, 6.07) is 1.04. The van der Waals surface area contributed by atoms with Gasteiger partial charge in [-0.1, -0.05) is 23.3 Å². The standard InChI is InChI=1S/C18H24O5/c1-11(2)6-5-7-12(3)8-9-13-14(19)10-15(20)16(17(13)21)18(22)23-4/h6,8,10,19-21H,5,7,9H2,1-4H3/b12-8+. The maximum atomic E-state index is 11.6. The molecule has 5 nitrogen and oxygen atoms in total. The fraction of sp³-hybridized carbons (Fsp3) is 0.389. The Morgan fingerprint density at radius 3 is 2.35 bits per heavy atom. The normalized spacial score (nSPS) is 11.2. The van der Waals surface area contributed by atoms with Crippen LogP contribution in [0.2, 0.25) is 0 Å². The highest BCUT2D eigenvalue weighted by Gasteiger charge is 2.22. The number of phenols is 3. The van der Waals surface area contributed by atoms with Gasteiger partial charge in [-0.05, 0) is 40.0 Å². The summed E-state index contributed by atoms with van der Waals surface area (Å²) in [6.07, 6.45) is 6.07. The molecule has 3 N–H and O–H groups in total. The van der Waals surface area contributed by atoms with Gasteiger partial charge in [-0.15, -0.1) is 0 Å². The first-order chi connectivity index (χ1) is 10.8. The molecule has 0 fully saturated rings. The number of allylic oxidation sites excluding steroid dienone is 4. The highest BCUT2D eigenvalue weighted by atomic mass is 16.5. The zero-order valence-electron chi connectivity index (χ0n) is 14.0. The van der Waals surface area contributed by atoms with Crippen LogP contribution in [-0.4, -0.2) is 28.4 Å². The Morgan fingerprint density at radius 2 is 1.78 bits per heavy atom. The van der Waals surface area contributed by atoms with E-state index in [-0.39, 0.29) is 23.3 Å². The van der Waals surface area contributed by atoms with Gasteiger partial charge in [0.25, 0.3) is 0 Å². The molecule has 0 aliphatic heterocycles. The van der Waals surface area contributed by atoms with Crippen LogP contribution in [0.4, 0.5) is 0 Å². The molecule has 0 spiro atoms. The fourth-order valence-electron chi connectivity index (χ4n) is 2.15. The number of esters is 1. The van der Waals surface area contributed by atoms with Crippen molar-refractivity contribution < 1.29 is 24.9 Å². The fourth-order valence-corrected chi connectivity index (χ4v) is 2.15. The lowest BCUT2D eigenvalue weighted by Gasteiger charge is -2.11. The second-order valence-corrected chi connectivity index (χ2v) is 5.68. The lowest BCUT2D eigenvalue weighted by atomic mass is 10.0. The lowest BCUT2D eigenvalue weighted by molar-refractivity contribution is 0.0593. The van der Waals surface area contributed by atoms with Crippen LogP contribution in [0.1, 0.15) is 49.5 Å². The van der Waals surface area contributed by atoms with Gasteiger partial charge in [0.15, 0.2) is 0 Å². The molecule has 5 heteroatoms. The van der Waals surface area contributed by atoms with Gasteiger partial charge in [0.1, 0.15) is 22.8 Å². The Hall–Kier alpha value is -2.43. The quantitative estimate of drug-likeness (QED) is 0.548. The number of carbonyl (C=O) groups is 1. The van der Waals surface area contributed by atoms with Crippen LogP contribution < -0.4 is 0 Å². The Morgan fingerprint density at radius 1 is 1.13 bits per heavy atom. The third-order valence-corrected chi connectivity index (χ3v) is 3.50. The number of hydrogen-bond acceptors (Lipinski definition) is 5. The number of benzene rings is 1. The average Bonchev–Trinajstić information content (AvgIpc) is 2.45. The van der Waals surface area contributed by atoms with Crippen molar-refractivity contribution in [2.75, 3.05) is 7.11 Å². The van der Waals surface area contributed by atoms with Gasteiger partial charge in [-0.25, -0.2) is 4.79 Å².